The van der Waals surface area contributed by atoms with Gasteiger partial charge in [-0.25, -0.2) is 14.8 Å². The largest absolute Gasteiger partial charge is 0.453 e. The Morgan fingerprint density at radius 3 is 2.12 bits per heavy atom. The molecule has 8 rings (SSSR count). The first-order chi connectivity index (χ1) is 27.3. The number of alkyl carbamates (subject to hydrolysis) is 1. The number of carbonyl (C=O) groups is 3. The average Bonchev–Trinajstić information content (AvgIpc) is 4.10. The van der Waals surface area contributed by atoms with Crippen LogP contribution in [-0.2, 0) is 25.6 Å². The molecule has 56 heavy (non-hydrogen) atoms. The molecule has 2 aliphatic carbocycles. The molecule has 0 radical (unpaired) electrons. The topological polar surface area (TPSA) is 167 Å². The molecule has 3 unspecified atom stereocenters. The number of ether oxygens (including phenoxy) is 2. The van der Waals surface area contributed by atoms with Gasteiger partial charge < -0.3 is 35.0 Å². The van der Waals surface area contributed by atoms with Crippen LogP contribution in [0.25, 0.3) is 33.6 Å². The third kappa shape index (κ3) is 7.43. The Bertz CT molecular complexity index is 2150. The van der Waals surface area contributed by atoms with E-state index >= 15 is 0 Å². The molecule has 4 heterocycles. The molecule has 0 spiro atoms. The number of benzene rings is 2. The van der Waals surface area contributed by atoms with Gasteiger partial charge in [0.15, 0.2) is 0 Å². The molecule has 1 saturated heterocycles. The van der Waals surface area contributed by atoms with E-state index in [9.17, 15) is 14.4 Å². The number of pyridine rings is 1. The molecule has 290 valence electrons. The summed E-state index contributed by atoms with van der Waals surface area (Å²) in [7, 11) is 2.77. The monoisotopic (exact) mass is 756 g/mol. The second-order valence-corrected chi connectivity index (χ2v) is 15.2. The van der Waals surface area contributed by atoms with Crippen molar-refractivity contribution in [2.45, 2.75) is 69.7 Å². The van der Waals surface area contributed by atoms with Gasteiger partial charge in [-0.05, 0) is 84.7 Å². The normalized spacial score (nSPS) is 22.5. The SMILES string of the molecule is COC(=O)N[C@H](C(=O)N1CCC[C@H]1c1ncc(-c2ccc(-c3ccc(-c4cnc([C@@H]5C6CCC(C6)C5C(=O)NCc5cccnc5)[nH]4)cc3)cc2)[nH]1)[C@@H](C)OC. The Labute approximate surface area is 326 Å². The predicted octanol–water partition coefficient (Wildman–Crippen LogP) is 6.40. The number of nitrogens with zero attached hydrogens (tertiary/aromatic N) is 4. The number of hydrogen-bond acceptors (Lipinski definition) is 8. The number of rotatable bonds is 12. The minimum Gasteiger partial charge on any atom is -0.453 e. The van der Waals surface area contributed by atoms with E-state index < -0.39 is 18.2 Å². The number of aromatic amines is 2. The van der Waals surface area contributed by atoms with Crippen LogP contribution in [-0.4, -0.2) is 80.6 Å². The minimum atomic E-state index is -0.885. The van der Waals surface area contributed by atoms with E-state index in [1.807, 2.05) is 18.3 Å². The van der Waals surface area contributed by atoms with E-state index in [0.717, 1.165) is 77.1 Å². The number of hydrogen-bond donors (Lipinski definition) is 4. The quantitative estimate of drug-likeness (QED) is 0.114. The number of nitrogens with one attached hydrogen (secondary N) is 4. The summed E-state index contributed by atoms with van der Waals surface area (Å²) in [6, 6.07) is 19.5. The zero-order chi connectivity index (χ0) is 38.8. The number of H-pyrrole nitrogens is 2. The smallest absolute Gasteiger partial charge is 0.407 e. The van der Waals surface area contributed by atoms with Crippen LogP contribution in [0.4, 0.5) is 4.79 Å². The number of carbonyl (C=O) groups excluding carboxylic acids is 3. The first-order valence-electron chi connectivity index (χ1n) is 19.5. The maximum atomic E-state index is 13.6. The Hall–Kier alpha value is -5.82. The van der Waals surface area contributed by atoms with E-state index in [4.69, 9.17) is 14.5 Å². The van der Waals surface area contributed by atoms with E-state index in [1.165, 1.54) is 14.2 Å². The molecule has 3 aliphatic rings. The average molecular weight is 757 g/mol. The van der Waals surface area contributed by atoms with E-state index in [1.54, 1.807) is 30.4 Å². The first-order valence-corrected chi connectivity index (χ1v) is 19.5. The molecular weight excluding hydrogens is 709 g/mol. The van der Waals surface area contributed by atoms with Gasteiger partial charge in [0.25, 0.3) is 0 Å². The second-order valence-electron chi connectivity index (χ2n) is 15.2. The Morgan fingerprint density at radius 2 is 1.48 bits per heavy atom. The maximum absolute atomic E-state index is 13.6. The lowest BCUT2D eigenvalue weighted by atomic mass is 9.78. The van der Waals surface area contributed by atoms with Gasteiger partial charge in [0.1, 0.15) is 17.7 Å². The molecule has 3 aromatic heterocycles. The van der Waals surface area contributed by atoms with Crippen molar-refractivity contribution >= 4 is 17.9 Å². The highest BCUT2D eigenvalue weighted by Crippen LogP contribution is 2.56. The molecule has 1 aliphatic heterocycles. The summed E-state index contributed by atoms with van der Waals surface area (Å²) >= 11 is 0. The van der Waals surface area contributed by atoms with Gasteiger partial charge in [0, 0.05) is 38.5 Å². The molecule has 4 N–H and O–H groups in total. The molecule has 3 amide bonds. The van der Waals surface area contributed by atoms with E-state index in [2.05, 4.69) is 79.1 Å². The highest BCUT2D eigenvalue weighted by Gasteiger charge is 2.52. The van der Waals surface area contributed by atoms with Crippen molar-refractivity contribution in [3.63, 3.8) is 0 Å². The summed E-state index contributed by atoms with van der Waals surface area (Å²) in [6.07, 6.45) is 10.9. The van der Waals surface area contributed by atoms with E-state index in [0.29, 0.717) is 30.7 Å². The van der Waals surface area contributed by atoms with Crippen LogP contribution >= 0.6 is 0 Å². The molecular formula is C43H48N8O5. The van der Waals surface area contributed by atoms with Gasteiger partial charge in [0.05, 0.1) is 49.0 Å². The molecule has 3 fully saturated rings. The fourth-order valence-electron chi connectivity index (χ4n) is 9.06. The van der Waals surface area contributed by atoms with E-state index in [-0.39, 0.29) is 29.7 Å². The third-order valence-electron chi connectivity index (χ3n) is 12.1. The van der Waals surface area contributed by atoms with Crippen LogP contribution < -0.4 is 10.6 Å². The summed E-state index contributed by atoms with van der Waals surface area (Å²) in [4.78, 5) is 61.6. The van der Waals surface area contributed by atoms with Gasteiger partial charge in [-0.15, -0.1) is 0 Å². The Balaban J connectivity index is 0.918. The van der Waals surface area contributed by atoms with Crippen molar-refractivity contribution < 1.29 is 23.9 Å². The number of imidazole rings is 2. The zero-order valence-electron chi connectivity index (χ0n) is 31.9. The van der Waals surface area contributed by atoms with Crippen molar-refractivity contribution in [3.8, 4) is 33.6 Å². The van der Waals surface area contributed by atoms with Crippen molar-refractivity contribution in [1.82, 2.24) is 40.5 Å². The zero-order valence-corrected chi connectivity index (χ0v) is 31.9. The molecule has 2 aromatic carbocycles. The van der Waals surface area contributed by atoms with Gasteiger partial charge in [-0.3, -0.25) is 14.6 Å². The highest BCUT2D eigenvalue weighted by molar-refractivity contribution is 5.87. The summed E-state index contributed by atoms with van der Waals surface area (Å²) in [5.74, 6) is 2.35. The number of amides is 3. The third-order valence-corrected chi connectivity index (χ3v) is 12.1. The molecule has 13 heteroatoms. The number of aromatic nitrogens is 5. The van der Waals surface area contributed by atoms with Crippen LogP contribution in [0.1, 0.15) is 68.2 Å². The standard InChI is InChI=1S/C43H48N8O5/c1-25(55-2)38(50-43(54)56-3)42(53)51-19-5-7-35(51)39-45-23-33(48-39)29-12-8-27(9-13-29)28-10-14-30(15-11-28)34-24-46-40(49-34)36-31-16-17-32(20-31)37(36)41(52)47-22-26-6-4-18-44-21-26/h4,6,8-15,18,21,23-25,31-32,35-38H,5,7,16-17,19-20,22H2,1-3H3,(H,45,48)(H,46,49)(H,47,52)(H,50,54)/t25-,31?,32?,35+,36-,37?,38+/m1/s1. The Morgan fingerprint density at radius 1 is 0.839 bits per heavy atom. The fourth-order valence-corrected chi connectivity index (χ4v) is 9.06. The minimum absolute atomic E-state index is 0.0793. The van der Waals surface area contributed by atoms with Crippen LogP contribution in [0.5, 0.6) is 0 Å². The van der Waals surface area contributed by atoms with Gasteiger partial charge >= 0.3 is 6.09 Å². The summed E-state index contributed by atoms with van der Waals surface area (Å²) in [5, 5.41) is 5.80. The maximum Gasteiger partial charge on any atom is 0.407 e. The van der Waals surface area contributed by atoms with Gasteiger partial charge in [-0.1, -0.05) is 54.6 Å². The van der Waals surface area contributed by atoms with Gasteiger partial charge in [-0.2, -0.15) is 0 Å². The second kappa shape index (κ2) is 16.1. The highest BCUT2D eigenvalue weighted by atomic mass is 16.5. The van der Waals surface area contributed by atoms with Crippen molar-refractivity contribution in [2.24, 2.45) is 17.8 Å². The molecule has 5 aromatic rings. The lowest BCUT2D eigenvalue weighted by Crippen LogP contribution is -2.54. The van der Waals surface area contributed by atoms with Crippen LogP contribution in [0, 0.1) is 17.8 Å². The number of likely N-dealkylation sites (tertiary alicyclic amines) is 1. The van der Waals surface area contributed by atoms with Crippen LogP contribution in [0.15, 0.2) is 85.5 Å². The molecule has 2 saturated carbocycles. The number of fused-ring (bicyclic) bond motifs is 2. The van der Waals surface area contributed by atoms with Gasteiger partial charge in [0.2, 0.25) is 11.8 Å². The molecule has 7 atom stereocenters. The summed E-state index contributed by atoms with van der Waals surface area (Å²) in [6.45, 7) is 2.78. The number of methoxy groups -OCH3 is 2. The van der Waals surface area contributed by atoms with Crippen molar-refractivity contribution in [3.05, 3.63) is 103 Å². The van der Waals surface area contributed by atoms with Crippen LogP contribution in [0.3, 0.4) is 0 Å². The lowest BCUT2D eigenvalue weighted by Gasteiger charge is -2.30. The molecule has 2 bridgehead atoms. The summed E-state index contributed by atoms with van der Waals surface area (Å²) in [5.41, 5.74) is 6.98. The summed E-state index contributed by atoms with van der Waals surface area (Å²) < 4.78 is 10.2. The lowest BCUT2D eigenvalue weighted by molar-refractivity contribution is -0.137. The first kappa shape index (κ1) is 37.1. The molecule has 13 nitrogen and oxygen atoms in total. The fraction of sp³-hybridized carbons (Fsp3) is 0.395. The van der Waals surface area contributed by atoms with Crippen molar-refractivity contribution in [1.29, 1.82) is 0 Å². The predicted molar refractivity (Wildman–Crippen MR) is 210 cm³/mol. The Kier molecular flexibility index (Phi) is 10.7. The van der Waals surface area contributed by atoms with Crippen molar-refractivity contribution in [2.75, 3.05) is 20.8 Å². The van der Waals surface area contributed by atoms with Crippen LogP contribution in [0.2, 0.25) is 0 Å².